The van der Waals surface area contributed by atoms with Gasteiger partial charge in [0.05, 0.1) is 5.54 Å². The van der Waals surface area contributed by atoms with E-state index in [0.29, 0.717) is 0 Å². The average Bonchev–Trinajstić information content (AvgIpc) is 2.58. The first-order valence-corrected chi connectivity index (χ1v) is 5.38. The van der Waals surface area contributed by atoms with Crippen LogP contribution in [-0.4, -0.2) is 4.98 Å². The number of hydrogen-bond acceptors (Lipinski definition) is 3. The number of nitrogens with zero attached hydrogens (tertiary/aromatic N) is 1. The monoisotopic (exact) mass is 182 g/mol. The molecule has 2 nitrogen and oxygen atoms in total. The van der Waals surface area contributed by atoms with Gasteiger partial charge in [0.15, 0.2) is 0 Å². The van der Waals surface area contributed by atoms with Crippen LogP contribution in [0.5, 0.6) is 0 Å². The maximum Gasteiger partial charge on any atom is 0.112 e. The molecule has 1 heterocycles. The molecule has 0 aromatic carbocycles. The number of hydrogen-bond donors (Lipinski definition) is 1. The Bertz CT molecular complexity index is 237. The van der Waals surface area contributed by atoms with Crippen molar-refractivity contribution < 1.29 is 0 Å². The highest BCUT2D eigenvalue weighted by atomic mass is 32.1. The van der Waals surface area contributed by atoms with E-state index in [9.17, 15) is 0 Å². The summed E-state index contributed by atoms with van der Waals surface area (Å²) < 4.78 is 0. The van der Waals surface area contributed by atoms with Crippen molar-refractivity contribution >= 4 is 11.3 Å². The van der Waals surface area contributed by atoms with Gasteiger partial charge in [-0.2, -0.15) is 0 Å². The molecule has 0 aliphatic heterocycles. The van der Waals surface area contributed by atoms with E-state index < -0.39 is 0 Å². The van der Waals surface area contributed by atoms with E-state index in [0.717, 1.165) is 17.8 Å². The first-order chi connectivity index (χ1) is 5.81. The van der Waals surface area contributed by atoms with Crippen molar-refractivity contribution in [2.45, 2.75) is 37.6 Å². The molecule has 0 unspecified atom stereocenters. The Labute approximate surface area is 76.8 Å². The second-order valence-electron chi connectivity index (χ2n) is 3.55. The summed E-state index contributed by atoms with van der Waals surface area (Å²) in [5.41, 5.74) is 6.18. The molecule has 2 rings (SSSR count). The van der Waals surface area contributed by atoms with Gasteiger partial charge in [0, 0.05) is 11.6 Å². The molecule has 0 saturated heterocycles. The van der Waals surface area contributed by atoms with E-state index in [2.05, 4.69) is 4.98 Å². The second kappa shape index (κ2) is 3.15. The summed E-state index contributed by atoms with van der Waals surface area (Å²) in [4.78, 5) is 4.31. The van der Waals surface area contributed by atoms with Crippen LogP contribution in [0, 0.1) is 0 Å². The molecule has 0 spiro atoms. The highest BCUT2D eigenvalue weighted by Gasteiger charge is 2.31. The Hall–Kier alpha value is -0.410. The van der Waals surface area contributed by atoms with Gasteiger partial charge in [0.25, 0.3) is 0 Å². The van der Waals surface area contributed by atoms with Crippen LogP contribution in [0.3, 0.4) is 0 Å². The van der Waals surface area contributed by atoms with Gasteiger partial charge in [-0.05, 0) is 12.8 Å². The van der Waals surface area contributed by atoms with Crippen molar-refractivity contribution in [3.05, 3.63) is 16.6 Å². The molecule has 0 bridgehead atoms. The molecule has 1 fully saturated rings. The number of thiazole rings is 1. The third-order valence-electron chi connectivity index (χ3n) is 2.60. The summed E-state index contributed by atoms with van der Waals surface area (Å²) in [5, 5.41) is 3.14. The van der Waals surface area contributed by atoms with E-state index in [1.807, 2.05) is 11.6 Å². The SMILES string of the molecule is NC1(c2nccs2)CCCCC1. The third-order valence-corrected chi connectivity index (χ3v) is 3.60. The zero-order chi connectivity index (χ0) is 8.44. The van der Waals surface area contributed by atoms with E-state index in [1.165, 1.54) is 19.3 Å². The van der Waals surface area contributed by atoms with Crippen LogP contribution in [0.15, 0.2) is 11.6 Å². The predicted molar refractivity (Wildman–Crippen MR) is 51.1 cm³/mol. The smallest absolute Gasteiger partial charge is 0.112 e. The lowest BCUT2D eigenvalue weighted by molar-refractivity contribution is 0.301. The normalized spacial score (nSPS) is 22.4. The minimum Gasteiger partial charge on any atom is -0.319 e. The molecule has 66 valence electrons. The van der Waals surface area contributed by atoms with Crippen LogP contribution < -0.4 is 5.73 Å². The lowest BCUT2D eigenvalue weighted by Gasteiger charge is -2.31. The standard InChI is InChI=1S/C9H14N2S/c10-9(4-2-1-3-5-9)8-11-6-7-12-8/h6-7H,1-5,10H2. The van der Waals surface area contributed by atoms with Crippen LogP contribution >= 0.6 is 11.3 Å². The molecule has 12 heavy (non-hydrogen) atoms. The topological polar surface area (TPSA) is 38.9 Å². The molecule has 1 aliphatic rings. The van der Waals surface area contributed by atoms with E-state index in [1.54, 1.807) is 11.3 Å². The fraction of sp³-hybridized carbons (Fsp3) is 0.667. The quantitative estimate of drug-likeness (QED) is 0.723. The summed E-state index contributed by atoms with van der Waals surface area (Å²) in [7, 11) is 0. The molecule has 2 N–H and O–H groups in total. The van der Waals surface area contributed by atoms with Gasteiger partial charge in [-0.15, -0.1) is 11.3 Å². The first kappa shape index (κ1) is 8.20. The Morgan fingerprint density at radius 2 is 2.08 bits per heavy atom. The highest BCUT2D eigenvalue weighted by molar-refractivity contribution is 7.09. The molecule has 1 aliphatic carbocycles. The Morgan fingerprint density at radius 3 is 2.67 bits per heavy atom. The minimum atomic E-state index is -0.0909. The molecule has 0 radical (unpaired) electrons. The molecule has 3 heteroatoms. The molecular formula is C9H14N2S. The Morgan fingerprint density at radius 1 is 1.33 bits per heavy atom. The minimum absolute atomic E-state index is 0.0909. The molecular weight excluding hydrogens is 168 g/mol. The predicted octanol–water partition coefficient (Wildman–Crippen LogP) is 2.26. The first-order valence-electron chi connectivity index (χ1n) is 4.50. The van der Waals surface area contributed by atoms with Crippen molar-refractivity contribution in [3.63, 3.8) is 0 Å². The van der Waals surface area contributed by atoms with Crippen LogP contribution in [0.2, 0.25) is 0 Å². The summed E-state index contributed by atoms with van der Waals surface area (Å²) in [5.74, 6) is 0. The largest absolute Gasteiger partial charge is 0.319 e. The lowest BCUT2D eigenvalue weighted by Crippen LogP contribution is -2.38. The van der Waals surface area contributed by atoms with Crippen molar-refractivity contribution in [2.24, 2.45) is 5.73 Å². The van der Waals surface area contributed by atoms with E-state index >= 15 is 0 Å². The van der Waals surface area contributed by atoms with E-state index in [-0.39, 0.29) is 5.54 Å². The number of nitrogens with two attached hydrogens (primary N) is 1. The van der Waals surface area contributed by atoms with Gasteiger partial charge in [0.1, 0.15) is 5.01 Å². The van der Waals surface area contributed by atoms with Crippen LogP contribution in [0.1, 0.15) is 37.1 Å². The van der Waals surface area contributed by atoms with Gasteiger partial charge >= 0.3 is 0 Å². The van der Waals surface area contributed by atoms with Gasteiger partial charge in [-0.1, -0.05) is 19.3 Å². The highest BCUT2D eigenvalue weighted by Crippen LogP contribution is 2.35. The van der Waals surface area contributed by atoms with Crippen molar-refractivity contribution in [2.75, 3.05) is 0 Å². The molecule has 1 saturated carbocycles. The van der Waals surface area contributed by atoms with Crippen LogP contribution in [0.25, 0.3) is 0 Å². The lowest BCUT2D eigenvalue weighted by atomic mass is 9.83. The second-order valence-corrected chi connectivity index (χ2v) is 4.45. The maximum atomic E-state index is 6.27. The van der Waals surface area contributed by atoms with Crippen molar-refractivity contribution in [3.8, 4) is 0 Å². The number of aromatic nitrogens is 1. The molecule has 1 aromatic heterocycles. The van der Waals surface area contributed by atoms with Gasteiger partial charge in [-0.25, -0.2) is 4.98 Å². The Kier molecular flexibility index (Phi) is 2.15. The molecule has 0 amide bonds. The molecule has 0 atom stereocenters. The zero-order valence-corrected chi connectivity index (χ0v) is 7.94. The van der Waals surface area contributed by atoms with Gasteiger partial charge < -0.3 is 5.73 Å². The average molecular weight is 182 g/mol. The van der Waals surface area contributed by atoms with Crippen LogP contribution in [0.4, 0.5) is 0 Å². The van der Waals surface area contributed by atoms with Crippen molar-refractivity contribution in [1.29, 1.82) is 0 Å². The molecule has 1 aromatic rings. The fourth-order valence-electron chi connectivity index (χ4n) is 1.87. The van der Waals surface area contributed by atoms with Gasteiger partial charge in [-0.3, -0.25) is 0 Å². The third kappa shape index (κ3) is 1.39. The van der Waals surface area contributed by atoms with E-state index in [4.69, 9.17) is 5.73 Å². The van der Waals surface area contributed by atoms with Crippen LogP contribution in [-0.2, 0) is 5.54 Å². The summed E-state index contributed by atoms with van der Waals surface area (Å²) in [6.07, 6.45) is 7.93. The maximum absolute atomic E-state index is 6.27. The summed E-state index contributed by atoms with van der Waals surface area (Å²) in [6, 6.07) is 0. The van der Waals surface area contributed by atoms with Gasteiger partial charge in [0.2, 0.25) is 0 Å². The summed E-state index contributed by atoms with van der Waals surface area (Å²) >= 11 is 1.69. The Balaban J connectivity index is 2.19. The van der Waals surface area contributed by atoms with Crippen molar-refractivity contribution in [1.82, 2.24) is 4.98 Å². The zero-order valence-electron chi connectivity index (χ0n) is 7.12. The summed E-state index contributed by atoms with van der Waals surface area (Å²) in [6.45, 7) is 0. The number of rotatable bonds is 1. The fourth-order valence-corrected chi connectivity index (χ4v) is 2.68.